The molecule has 0 radical (unpaired) electrons. The van der Waals surface area contributed by atoms with E-state index in [4.69, 9.17) is 18.9 Å². The Morgan fingerprint density at radius 2 is 1.51 bits per heavy atom. The fourth-order valence-electron chi connectivity index (χ4n) is 7.19. The van der Waals surface area contributed by atoms with Gasteiger partial charge in [-0.05, 0) is 37.0 Å². The number of hydrogen-bond acceptors (Lipinski definition) is 9. The molecule has 9 nitrogen and oxygen atoms in total. The number of ketones is 1. The molecule has 0 aromatic heterocycles. The second-order valence-corrected chi connectivity index (χ2v) is 11.5. The quantitative estimate of drug-likeness (QED) is 0.284. The van der Waals surface area contributed by atoms with Gasteiger partial charge in [-0.15, -0.1) is 0 Å². The van der Waals surface area contributed by atoms with E-state index in [1.165, 1.54) is 27.9 Å². The minimum atomic E-state index is -0.999. The highest BCUT2D eigenvalue weighted by atomic mass is 79.9. The molecular weight excluding hydrogens is 524 g/mol. The first-order chi connectivity index (χ1) is 16.3. The zero-order valence-electron chi connectivity index (χ0n) is 21.1. The van der Waals surface area contributed by atoms with Crippen molar-refractivity contribution in [2.75, 3.05) is 7.11 Å². The lowest BCUT2D eigenvalue weighted by atomic mass is 9.44. The zero-order valence-corrected chi connectivity index (χ0v) is 22.7. The number of methoxy groups -OCH3 is 1. The predicted molar refractivity (Wildman–Crippen MR) is 126 cm³/mol. The number of carbonyl (C=O) groups is 5. The van der Waals surface area contributed by atoms with E-state index in [9.17, 15) is 24.0 Å². The maximum absolute atomic E-state index is 13.1. The molecule has 196 valence electrons. The molecule has 0 amide bonds. The number of alkyl halides is 1. The number of fused-ring (bicyclic) bond motifs is 3. The van der Waals surface area contributed by atoms with E-state index < -0.39 is 58.3 Å². The van der Waals surface area contributed by atoms with Gasteiger partial charge in [0, 0.05) is 38.0 Å². The second kappa shape index (κ2) is 10.6. The molecule has 3 aliphatic rings. The van der Waals surface area contributed by atoms with Crippen molar-refractivity contribution in [3.05, 3.63) is 0 Å². The summed E-state index contributed by atoms with van der Waals surface area (Å²) >= 11 is 3.53. The lowest BCUT2D eigenvalue weighted by Crippen LogP contribution is -2.69. The number of Topliss-reactive ketones (excluding diaryl/α,β-unsaturated/α-hetero) is 1. The van der Waals surface area contributed by atoms with Crippen molar-refractivity contribution < 1.29 is 42.9 Å². The van der Waals surface area contributed by atoms with E-state index in [1.807, 2.05) is 13.8 Å². The molecule has 0 aromatic rings. The van der Waals surface area contributed by atoms with Crippen molar-refractivity contribution >= 4 is 45.6 Å². The van der Waals surface area contributed by atoms with Gasteiger partial charge < -0.3 is 18.9 Å². The van der Waals surface area contributed by atoms with Gasteiger partial charge in [0.2, 0.25) is 0 Å². The van der Waals surface area contributed by atoms with Crippen LogP contribution in [0, 0.1) is 35.0 Å². The van der Waals surface area contributed by atoms with Crippen LogP contribution in [0.4, 0.5) is 0 Å². The summed E-state index contributed by atoms with van der Waals surface area (Å²) in [5.74, 6) is -3.15. The third-order valence-electron chi connectivity index (χ3n) is 8.48. The van der Waals surface area contributed by atoms with E-state index in [2.05, 4.69) is 15.9 Å². The highest BCUT2D eigenvalue weighted by Crippen LogP contribution is 2.63. The Balaban J connectivity index is 2.12. The summed E-state index contributed by atoms with van der Waals surface area (Å²) in [6.07, 6.45) is -0.833. The molecule has 3 aliphatic carbocycles. The van der Waals surface area contributed by atoms with E-state index in [0.717, 1.165) is 0 Å². The van der Waals surface area contributed by atoms with Crippen molar-refractivity contribution in [2.24, 2.45) is 35.0 Å². The van der Waals surface area contributed by atoms with Gasteiger partial charge in [0.15, 0.2) is 6.10 Å². The Morgan fingerprint density at radius 1 is 0.943 bits per heavy atom. The molecule has 0 heterocycles. The normalized spacial score (nSPS) is 40.5. The smallest absolute Gasteiger partial charge is 0.306 e. The highest BCUT2D eigenvalue weighted by molar-refractivity contribution is 9.10. The van der Waals surface area contributed by atoms with E-state index in [0.29, 0.717) is 19.3 Å². The van der Waals surface area contributed by atoms with Gasteiger partial charge in [-0.1, -0.05) is 29.8 Å². The molecule has 3 saturated carbocycles. The molecule has 0 saturated heterocycles. The first kappa shape index (κ1) is 27.6. The number of hydrogen-bond donors (Lipinski definition) is 0. The summed E-state index contributed by atoms with van der Waals surface area (Å²) < 4.78 is 22.1. The fraction of sp³-hybridized carbons (Fsp3) is 0.800. The van der Waals surface area contributed by atoms with Crippen LogP contribution in [0.5, 0.6) is 0 Å². The monoisotopic (exact) mass is 558 g/mol. The predicted octanol–water partition coefficient (Wildman–Crippen LogP) is 3.00. The standard InChI is InChI=1S/C25H35BrO9/c1-11-17-8-7-15-16(9-20(30)32-6)21(31)19(26)10-18(15)25(17,5)24(35-14(4)29)23(34-13(3)28)22(11)33-12(2)27/h11,15-19,22-24H,7-10H2,1-6H3/t11-,15-,16-,17-,18-,19-,22+,23+,24-,25-/m0/s1. The van der Waals surface area contributed by atoms with Crippen molar-refractivity contribution in [2.45, 2.75) is 83.4 Å². The molecule has 0 spiro atoms. The number of carbonyl (C=O) groups excluding carboxylic acids is 5. The molecule has 3 rings (SSSR count). The van der Waals surface area contributed by atoms with Crippen LogP contribution in [0.2, 0.25) is 0 Å². The van der Waals surface area contributed by atoms with Gasteiger partial charge >= 0.3 is 23.9 Å². The Hall–Kier alpha value is -1.97. The van der Waals surface area contributed by atoms with Crippen molar-refractivity contribution in [3.8, 4) is 0 Å². The van der Waals surface area contributed by atoms with Crippen molar-refractivity contribution in [1.82, 2.24) is 0 Å². The minimum absolute atomic E-state index is 0.0173. The first-order valence-electron chi connectivity index (χ1n) is 12.1. The molecule has 35 heavy (non-hydrogen) atoms. The number of ether oxygens (including phenoxy) is 4. The van der Waals surface area contributed by atoms with Crippen LogP contribution in [0.25, 0.3) is 0 Å². The third kappa shape index (κ3) is 5.13. The van der Waals surface area contributed by atoms with Crippen LogP contribution >= 0.6 is 15.9 Å². The second-order valence-electron chi connectivity index (χ2n) is 10.3. The summed E-state index contributed by atoms with van der Waals surface area (Å²) in [6, 6.07) is 0. The van der Waals surface area contributed by atoms with Gasteiger partial charge in [0.05, 0.1) is 18.4 Å². The van der Waals surface area contributed by atoms with Gasteiger partial charge in [0.1, 0.15) is 18.0 Å². The number of rotatable bonds is 5. The molecule has 0 N–H and O–H groups in total. The summed E-state index contributed by atoms with van der Waals surface area (Å²) in [6.45, 7) is 7.83. The molecule has 0 aliphatic heterocycles. The highest BCUT2D eigenvalue weighted by Gasteiger charge is 2.67. The molecule has 10 atom stereocenters. The largest absolute Gasteiger partial charge is 0.469 e. The van der Waals surface area contributed by atoms with Gasteiger partial charge in [-0.25, -0.2) is 0 Å². The first-order valence-corrected chi connectivity index (χ1v) is 13.0. The van der Waals surface area contributed by atoms with Crippen molar-refractivity contribution in [3.63, 3.8) is 0 Å². The Kier molecular flexibility index (Phi) is 8.34. The van der Waals surface area contributed by atoms with Crippen LogP contribution in [-0.4, -0.2) is 59.9 Å². The van der Waals surface area contributed by atoms with Gasteiger partial charge in [-0.2, -0.15) is 0 Å². The lowest BCUT2D eigenvalue weighted by Gasteiger charge is -2.63. The van der Waals surface area contributed by atoms with Crippen LogP contribution in [0.1, 0.15) is 60.3 Å². The molecule has 0 aromatic carbocycles. The topological polar surface area (TPSA) is 122 Å². The van der Waals surface area contributed by atoms with Crippen LogP contribution in [0.3, 0.4) is 0 Å². The van der Waals surface area contributed by atoms with E-state index in [-0.39, 0.29) is 35.9 Å². The molecule has 10 heteroatoms. The molecule has 0 bridgehead atoms. The number of esters is 4. The average Bonchev–Trinajstić information content (AvgIpc) is 2.76. The molecular formula is C25H35BrO9. The van der Waals surface area contributed by atoms with Crippen molar-refractivity contribution in [1.29, 1.82) is 0 Å². The van der Waals surface area contributed by atoms with E-state index >= 15 is 0 Å². The van der Waals surface area contributed by atoms with Crippen LogP contribution in [-0.2, 0) is 42.9 Å². The van der Waals surface area contributed by atoms with Crippen LogP contribution in [0.15, 0.2) is 0 Å². The van der Waals surface area contributed by atoms with E-state index in [1.54, 1.807) is 0 Å². The maximum Gasteiger partial charge on any atom is 0.306 e. The van der Waals surface area contributed by atoms with Gasteiger partial charge in [0.25, 0.3) is 0 Å². The SMILES string of the molecule is COC(=O)C[C@@H]1C(=O)[C@@H](Br)C[C@H]2[C@H]1CC[C@H]1[C@H](C)[C@@H](OC(C)=O)[C@@H](OC(C)=O)[C@H](OC(C)=O)[C@@]12C. The fourth-order valence-corrected chi connectivity index (χ4v) is 7.94. The summed E-state index contributed by atoms with van der Waals surface area (Å²) in [5, 5.41) is 0. The maximum atomic E-state index is 13.1. The third-order valence-corrected chi connectivity index (χ3v) is 9.30. The average molecular weight is 559 g/mol. The lowest BCUT2D eigenvalue weighted by molar-refractivity contribution is -0.254. The summed E-state index contributed by atoms with van der Waals surface area (Å²) in [7, 11) is 1.30. The molecule has 0 unspecified atom stereocenters. The van der Waals surface area contributed by atoms with Crippen LogP contribution < -0.4 is 0 Å². The Bertz CT molecular complexity index is 888. The number of halogens is 1. The van der Waals surface area contributed by atoms with Gasteiger partial charge in [-0.3, -0.25) is 24.0 Å². The minimum Gasteiger partial charge on any atom is -0.469 e. The molecule has 3 fully saturated rings. The zero-order chi connectivity index (χ0) is 26.2. The Labute approximate surface area is 214 Å². The summed E-state index contributed by atoms with van der Waals surface area (Å²) in [4.78, 5) is 61.3. The summed E-state index contributed by atoms with van der Waals surface area (Å²) in [5.41, 5.74) is -0.703. The Morgan fingerprint density at radius 3 is 2.06 bits per heavy atom.